The van der Waals surface area contributed by atoms with E-state index in [0.29, 0.717) is 37.2 Å². The standard InChI is InChI=1S/C30H36O14/c1-19(2)37-25-13-9-23(10-14-25)27(31)39-43-41-29(33)35-17-21-5-7-22(8-6-21)18-36-30(34)42-44-40-28(32)24-11-15-26(16-12-24)38-20(3)4/h9-16,19-22H,5-8,17-18H2,1-4H3. The Kier molecular flexibility index (Phi) is 13.5. The molecule has 0 spiro atoms. The Labute approximate surface area is 254 Å². The zero-order chi connectivity index (χ0) is 31.9. The molecular formula is C30H36O14. The lowest BCUT2D eigenvalue weighted by Gasteiger charge is -2.27. The summed E-state index contributed by atoms with van der Waals surface area (Å²) < 4.78 is 21.0. The summed E-state index contributed by atoms with van der Waals surface area (Å²) in [6.45, 7) is 7.64. The van der Waals surface area contributed by atoms with Crippen LogP contribution in [0.5, 0.6) is 11.5 Å². The van der Waals surface area contributed by atoms with Crippen LogP contribution in [0.15, 0.2) is 48.5 Å². The van der Waals surface area contributed by atoms with E-state index in [1.807, 2.05) is 27.7 Å². The van der Waals surface area contributed by atoms with Crippen molar-refractivity contribution in [3.05, 3.63) is 59.7 Å². The molecule has 0 atom stereocenters. The maximum Gasteiger partial charge on any atom is 0.543 e. The van der Waals surface area contributed by atoms with Crippen LogP contribution < -0.4 is 9.47 Å². The van der Waals surface area contributed by atoms with Crippen LogP contribution in [0.4, 0.5) is 9.59 Å². The van der Waals surface area contributed by atoms with Gasteiger partial charge in [0.15, 0.2) is 0 Å². The van der Waals surface area contributed by atoms with Gasteiger partial charge in [-0.25, -0.2) is 29.0 Å². The molecule has 0 heterocycles. The zero-order valence-electron chi connectivity index (χ0n) is 24.9. The Morgan fingerprint density at radius 2 is 0.909 bits per heavy atom. The van der Waals surface area contributed by atoms with Gasteiger partial charge in [-0.05, 0) is 114 Å². The summed E-state index contributed by atoms with van der Waals surface area (Å²) in [6.07, 6.45) is 0.414. The summed E-state index contributed by atoms with van der Waals surface area (Å²) in [5.74, 6) is -0.471. The molecule has 0 aromatic heterocycles. The summed E-state index contributed by atoms with van der Waals surface area (Å²) in [7, 11) is 0. The third kappa shape index (κ3) is 12.4. The summed E-state index contributed by atoms with van der Waals surface area (Å²) in [6, 6.07) is 12.3. The molecule has 2 aromatic carbocycles. The highest BCUT2D eigenvalue weighted by atomic mass is 17.5. The summed E-state index contributed by atoms with van der Waals surface area (Å²) >= 11 is 0. The monoisotopic (exact) mass is 620 g/mol. The third-order valence-corrected chi connectivity index (χ3v) is 6.19. The molecule has 2 aromatic rings. The summed E-state index contributed by atoms with van der Waals surface area (Å²) in [4.78, 5) is 65.0. The molecule has 240 valence electrons. The Morgan fingerprint density at radius 3 is 1.23 bits per heavy atom. The predicted octanol–water partition coefficient (Wildman–Crippen LogP) is 6.08. The normalized spacial score (nSPS) is 16.0. The van der Waals surface area contributed by atoms with Crippen molar-refractivity contribution in [2.24, 2.45) is 11.8 Å². The SMILES string of the molecule is CC(C)Oc1ccc(C(=O)OOOC(=O)OCC2CCC(COC(=O)OOOC(=O)c3ccc(OC(C)C)cc3)CC2)cc1. The summed E-state index contributed by atoms with van der Waals surface area (Å²) in [5.41, 5.74) is 0.329. The Balaban J connectivity index is 1.21. The van der Waals surface area contributed by atoms with Crippen molar-refractivity contribution in [1.29, 1.82) is 0 Å². The molecule has 3 rings (SSSR count). The van der Waals surface area contributed by atoms with Gasteiger partial charge in [-0.1, -0.05) is 0 Å². The Hall–Kier alpha value is -4.56. The number of hydrogen-bond acceptors (Lipinski definition) is 14. The van der Waals surface area contributed by atoms with Crippen molar-refractivity contribution in [2.45, 2.75) is 65.6 Å². The van der Waals surface area contributed by atoms with Crippen molar-refractivity contribution >= 4 is 24.2 Å². The average Bonchev–Trinajstić information content (AvgIpc) is 2.99. The largest absolute Gasteiger partial charge is 0.543 e. The van der Waals surface area contributed by atoms with Crippen molar-refractivity contribution in [3.63, 3.8) is 0 Å². The van der Waals surface area contributed by atoms with Crippen LogP contribution in [0.1, 0.15) is 74.1 Å². The Morgan fingerprint density at radius 1 is 0.568 bits per heavy atom. The van der Waals surface area contributed by atoms with Gasteiger partial charge in [-0.2, -0.15) is 0 Å². The van der Waals surface area contributed by atoms with E-state index in [1.165, 1.54) is 24.3 Å². The second-order valence-corrected chi connectivity index (χ2v) is 10.4. The van der Waals surface area contributed by atoms with Gasteiger partial charge in [0.1, 0.15) is 11.5 Å². The van der Waals surface area contributed by atoms with Gasteiger partial charge in [0.2, 0.25) is 0 Å². The summed E-state index contributed by atoms with van der Waals surface area (Å²) in [5, 5.41) is 8.48. The van der Waals surface area contributed by atoms with E-state index in [2.05, 4.69) is 29.6 Å². The molecule has 0 unspecified atom stereocenters. The number of ether oxygens (including phenoxy) is 4. The fraction of sp³-hybridized carbons (Fsp3) is 0.467. The third-order valence-electron chi connectivity index (χ3n) is 6.19. The molecule has 14 nitrogen and oxygen atoms in total. The van der Waals surface area contributed by atoms with E-state index in [4.69, 9.17) is 18.9 Å². The molecule has 14 heteroatoms. The van der Waals surface area contributed by atoms with Crippen LogP contribution in [0, 0.1) is 11.8 Å². The number of hydrogen-bond donors (Lipinski definition) is 0. The first kappa shape index (κ1) is 33.9. The Bertz CT molecular complexity index is 1110. The van der Waals surface area contributed by atoms with E-state index in [-0.39, 0.29) is 48.4 Å². The van der Waals surface area contributed by atoms with Gasteiger partial charge in [-0.15, -0.1) is 0 Å². The van der Waals surface area contributed by atoms with E-state index in [1.54, 1.807) is 24.3 Å². The van der Waals surface area contributed by atoms with Crippen LogP contribution >= 0.6 is 0 Å². The smallest absolute Gasteiger partial charge is 0.491 e. The van der Waals surface area contributed by atoms with Crippen LogP contribution in [-0.4, -0.2) is 49.7 Å². The lowest BCUT2D eigenvalue weighted by Crippen LogP contribution is -2.24. The minimum atomic E-state index is -1.16. The molecular weight excluding hydrogens is 584 g/mol. The molecule has 0 aliphatic heterocycles. The molecule has 0 radical (unpaired) electrons. The van der Waals surface area contributed by atoms with E-state index in [0.717, 1.165) is 0 Å². The van der Waals surface area contributed by atoms with E-state index >= 15 is 0 Å². The van der Waals surface area contributed by atoms with Crippen LogP contribution in [-0.2, 0) is 39.1 Å². The fourth-order valence-electron chi connectivity index (χ4n) is 4.12. The van der Waals surface area contributed by atoms with Gasteiger partial charge < -0.3 is 18.9 Å². The minimum absolute atomic E-state index is 0.0152. The molecule has 0 amide bonds. The van der Waals surface area contributed by atoms with Gasteiger partial charge in [0.25, 0.3) is 0 Å². The molecule has 0 saturated heterocycles. The van der Waals surface area contributed by atoms with Gasteiger partial charge in [0, 0.05) is 0 Å². The van der Waals surface area contributed by atoms with Gasteiger partial charge >= 0.3 is 24.2 Å². The molecule has 1 saturated carbocycles. The van der Waals surface area contributed by atoms with Crippen LogP contribution in [0.3, 0.4) is 0 Å². The molecule has 0 bridgehead atoms. The molecule has 1 aliphatic carbocycles. The topological polar surface area (TPSA) is 161 Å². The van der Waals surface area contributed by atoms with Crippen molar-refractivity contribution in [3.8, 4) is 11.5 Å². The number of rotatable bonds is 14. The second kappa shape index (κ2) is 17.5. The number of carbonyl (C=O) groups is 4. The van der Waals surface area contributed by atoms with Crippen molar-refractivity contribution < 1.29 is 67.8 Å². The first-order valence-corrected chi connectivity index (χ1v) is 14.1. The lowest BCUT2D eigenvalue weighted by atomic mass is 9.83. The van der Waals surface area contributed by atoms with Gasteiger partial charge in [0.05, 0.1) is 46.6 Å². The van der Waals surface area contributed by atoms with Gasteiger partial charge in [-0.3, -0.25) is 9.78 Å². The highest BCUT2D eigenvalue weighted by Crippen LogP contribution is 2.29. The average molecular weight is 621 g/mol. The fourth-order valence-corrected chi connectivity index (χ4v) is 4.12. The first-order chi connectivity index (χ1) is 21.1. The van der Waals surface area contributed by atoms with E-state index < -0.39 is 24.2 Å². The highest BCUT2D eigenvalue weighted by molar-refractivity contribution is 5.89. The first-order valence-electron chi connectivity index (χ1n) is 14.1. The van der Waals surface area contributed by atoms with Crippen LogP contribution in [0.25, 0.3) is 0 Å². The molecule has 1 fully saturated rings. The van der Waals surface area contributed by atoms with Crippen LogP contribution in [0.2, 0.25) is 0 Å². The molecule has 44 heavy (non-hydrogen) atoms. The number of carbonyl (C=O) groups excluding carboxylic acids is 4. The predicted molar refractivity (Wildman–Crippen MR) is 148 cm³/mol. The number of benzene rings is 2. The van der Waals surface area contributed by atoms with Crippen molar-refractivity contribution in [2.75, 3.05) is 13.2 Å². The quantitative estimate of drug-likeness (QED) is 0.136. The molecule has 1 aliphatic rings. The zero-order valence-corrected chi connectivity index (χ0v) is 24.9. The highest BCUT2D eigenvalue weighted by Gasteiger charge is 2.25. The van der Waals surface area contributed by atoms with E-state index in [9.17, 15) is 19.2 Å². The maximum absolute atomic E-state index is 12.0. The maximum atomic E-state index is 12.0. The lowest BCUT2D eigenvalue weighted by molar-refractivity contribution is -0.452. The van der Waals surface area contributed by atoms with Crippen molar-refractivity contribution in [1.82, 2.24) is 0 Å². The second-order valence-electron chi connectivity index (χ2n) is 10.4. The molecule has 0 N–H and O–H groups in total. The minimum Gasteiger partial charge on any atom is -0.491 e.